The Hall–Kier alpha value is -3.14. The van der Waals surface area contributed by atoms with Crippen LogP contribution in [0.2, 0.25) is 12.6 Å². The Morgan fingerprint density at radius 2 is 1.61 bits per heavy atom. The molecule has 0 bridgehead atoms. The SMILES string of the molecule is C=CCCC1=CC([Si](C)(CCCCCCOC(C)(C)C)C2c3ccccc3-c3c2c2cc(C)ccc2n3C)c2ccccc21. The third kappa shape index (κ3) is 5.58. The van der Waals surface area contributed by atoms with Crippen LogP contribution >= 0.6 is 0 Å². The van der Waals surface area contributed by atoms with Crippen LogP contribution in [0.4, 0.5) is 0 Å². The summed E-state index contributed by atoms with van der Waals surface area (Å²) in [6.07, 6.45) is 11.8. The number of unbranched alkanes of at least 4 members (excludes halogenated alkanes) is 3. The summed E-state index contributed by atoms with van der Waals surface area (Å²) in [5.74, 6) is 0. The number of ether oxygens (including phenoxy) is 1. The first-order valence-corrected chi connectivity index (χ1v) is 19.7. The molecule has 4 aromatic rings. The maximum atomic E-state index is 6.04. The number of allylic oxidation sites excluding steroid dienone is 3. The topological polar surface area (TPSA) is 14.2 Å². The first-order valence-electron chi connectivity index (χ1n) is 16.9. The van der Waals surface area contributed by atoms with E-state index in [1.54, 1.807) is 16.7 Å². The molecular weight excluding hydrogens is 551 g/mol. The number of rotatable bonds is 12. The number of aromatic nitrogens is 1. The average molecular weight is 602 g/mol. The molecule has 3 atom stereocenters. The van der Waals surface area contributed by atoms with Gasteiger partial charge in [0.1, 0.15) is 0 Å². The quantitative estimate of drug-likeness (QED) is 0.0895. The maximum absolute atomic E-state index is 6.04. The van der Waals surface area contributed by atoms with Gasteiger partial charge in [-0.2, -0.15) is 0 Å². The third-order valence-corrected chi connectivity index (χ3v) is 15.6. The van der Waals surface area contributed by atoms with E-state index in [9.17, 15) is 0 Å². The highest BCUT2D eigenvalue weighted by Crippen LogP contribution is 2.58. The van der Waals surface area contributed by atoms with Crippen LogP contribution in [0.5, 0.6) is 0 Å². The highest BCUT2D eigenvalue weighted by molar-refractivity contribution is 6.83. The fourth-order valence-electron chi connectivity index (χ4n) is 8.29. The van der Waals surface area contributed by atoms with Gasteiger partial charge in [-0.3, -0.25) is 0 Å². The van der Waals surface area contributed by atoms with E-state index in [1.165, 1.54) is 64.2 Å². The number of hydrogen-bond acceptors (Lipinski definition) is 1. The van der Waals surface area contributed by atoms with Crippen LogP contribution in [0.3, 0.4) is 0 Å². The largest absolute Gasteiger partial charge is 0.376 e. The zero-order chi connectivity index (χ0) is 31.1. The van der Waals surface area contributed by atoms with Crippen LogP contribution in [-0.2, 0) is 11.8 Å². The minimum atomic E-state index is -2.08. The Morgan fingerprint density at radius 3 is 2.36 bits per heavy atom. The molecule has 0 amide bonds. The molecule has 0 spiro atoms. The molecule has 44 heavy (non-hydrogen) atoms. The van der Waals surface area contributed by atoms with Crippen molar-refractivity contribution in [2.24, 2.45) is 7.05 Å². The van der Waals surface area contributed by atoms with Gasteiger partial charge in [0, 0.05) is 35.7 Å². The fraction of sp³-hybridized carbons (Fsp3) is 0.415. The molecule has 2 nitrogen and oxygen atoms in total. The van der Waals surface area contributed by atoms with Gasteiger partial charge in [0.15, 0.2) is 0 Å². The van der Waals surface area contributed by atoms with E-state index in [0.29, 0.717) is 11.1 Å². The van der Waals surface area contributed by atoms with Crippen LogP contribution in [0.15, 0.2) is 85.5 Å². The molecule has 230 valence electrons. The molecule has 3 heteroatoms. The first-order chi connectivity index (χ1) is 21.1. The number of hydrogen-bond donors (Lipinski definition) is 0. The minimum absolute atomic E-state index is 0.0542. The standard InChI is InChI=1S/C41H51NOSi/c1-8-9-18-30-28-37(32-20-13-12-19-31(30)32)44(7,26-17-11-10-16-25-43-41(3,4)5)40-34-22-15-14-21-33(34)39-38(40)35-27-29(2)23-24-36(35)42(39)6/h8,12-15,19-24,27-28,37,40H,1,9-11,16-18,25-26H2,2-7H3. The molecule has 0 saturated heterocycles. The lowest BCUT2D eigenvalue weighted by atomic mass is 10.0. The molecule has 1 aromatic heterocycles. The van der Waals surface area contributed by atoms with Crippen molar-refractivity contribution in [2.45, 2.75) is 95.5 Å². The van der Waals surface area contributed by atoms with Crippen LogP contribution in [-0.4, -0.2) is 24.8 Å². The Bertz CT molecular complexity index is 1700. The van der Waals surface area contributed by atoms with Crippen LogP contribution in [0.25, 0.3) is 27.7 Å². The average Bonchev–Trinajstić information content (AvgIpc) is 3.63. The van der Waals surface area contributed by atoms with Gasteiger partial charge in [-0.25, -0.2) is 0 Å². The van der Waals surface area contributed by atoms with E-state index >= 15 is 0 Å². The molecule has 3 unspecified atom stereocenters. The molecule has 3 aromatic carbocycles. The molecule has 0 aliphatic heterocycles. The molecular formula is C41H51NOSi. The molecule has 2 aliphatic rings. The Labute approximate surface area is 266 Å². The molecule has 2 aliphatic carbocycles. The smallest absolute Gasteiger partial charge is 0.0754 e. The lowest BCUT2D eigenvalue weighted by molar-refractivity contribution is -0.00471. The summed E-state index contributed by atoms with van der Waals surface area (Å²) in [6, 6.07) is 27.1. The highest BCUT2D eigenvalue weighted by Gasteiger charge is 2.51. The van der Waals surface area contributed by atoms with E-state index in [1.807, 2.05) is 0 Å². The summed E-state index contributed by atoms with van der Waals surface area (Å²) in [6.45, 7) is 16.4. The summed E-state index contributed by atoms with van der Waals surface area (Å²) in [7, 11) is 0.200. The maximum Gasteiger partial charge on any atom is 0.0754 e. The number of benzene rings is 3. The van der Waals surface area contributed by atoms with Crippen molar-refractivity contribution in [1.29, 1.82) is 0 Å². The van der Waals surface area contributed by atoms with Crippen molar-refractivity contribution in [1.82, 2.24) is 4.57 Å². The van der Waals surface area contributed by atoms with Gasteiger partial charge in [0.05, 0.1) is 19.4 Å². The van der Waals surface area contributed by atoms with Gasteiger partial charge in [-0.05, 0) is 92.5 Å². The second-order valence-electron chi connectivity index (χ2n) is 14.6. The number of fused-ring (bicyclic) bond motifs is 6. The Kier molecular flexibility index (Phi) is 8.65. The molecule has 0 fully saturated rings. The Balaban J connectivity index is 1.44. The lowest BCUT2D eigenvalue weighted by Crippen LogP contribution is -2.44. The van der Waals surface area contributed by atoms with Crippen LogP contribution < -0.4 is 0 Å². The monoisotopic (exact) mass is 601 g/mol. The third-order valence-electron chi connectivity index (χ3n) is 10.4. The second-order valence-corrected chi connectivity index (χ2v) is 19.3. The zero-order valence-electron chi connectivity index (χ0n) is 27.9. The summed E-state index contributed by atoms with van der Waals surface area (Å²) < 4.78 is 8.53. The summed E-state index contributed by atoms with van der Waals surface area (Å²) in [5, 5.41) is 1.46. The second kappa shape index (κ2) is 12.3. The predicted molar refractivity (Wildman–Crippen MR) is 192 cm³/mol. The molecule has 6 rings (SSSR count). The number of nitrogens with zero attached hydrogens (tertiary/aromatic N) is 1. The van der Waals surface area contributed by atoms with Gasteiger partial charge >= 0.3 is 0 Å². The van der Waals surface area contributed by atoms with Crippen molar-refractivity contribution in [3.05, 3.63) is 113 Å². The number of aryl methyl sites for hydroxylation is 2. The summed E-state index contributed by atoms with van der Waals surface area (Å²) >= 11 is 0. The van der Waals surface area contributed by atoms with Gasteiger partial charge in [-0.15, -0.1) is 6.58 Å². The van der Waals surface area contributed by atoms with Crippen LogP contribution in [0, 0.1) is 6.92 Å². The highest BCUT2D eigenvalue weighted by atomic mass is 28.3. The van der Waals surface area contributed by atoms with Crippen molar-refractivity contribution in [3.63, 3.8) is 0 Å². The van der Waals surface area contributed by atoms with Crippen molar-refractivity contribution >= 4 is 24.5 Å². The van der Waals surface area contributed by atoms with Crippen molar-refractivity contribution in [2.75, 3.05) is 6.61 Å². The normalized spacial score (nSPS) is 18.5. The van der Waals surface area contributed by atoms with E-state index in [2.05, 4.69) is 131 Å². The van der Waals surface area contributed by atoms with E-state index in [0.717, 1.165) is 25.9 Å². The van der Waals surface area contributed by atoms with Crippen molar-refractivity contribution < 1.29 is 4.74 Å². The van der Waals surface area contributed by atoms with Gasteiger partial charge in [0.2, 0.25) is 0 Å². The van der Waals surface area contributed by atoms with Gasteiger partial charge < -0.3 is 9.30 Å². The van der Waals surface area contributed by atoms with E-state index in [4.69, 9.17) is 4.74 Å². The molecule has 0 radical (unpaired) electrons. The summed E-state index contributed by atoms with van der Waals surface area (Å²) in [4.78, 5) is 0. The fourth-order valence-corrected chi connectivity index (χ4v) is 13.7. The van der Waals surface area contributed by atoms with Gasteiger partial charge in [0.25, 0.3) is 0 Å². The molecule has 0 N–H and O–H groups in total. The molecule has 1 heterocycles. The van der Waals surface area contributed by atoms with E-state index in [-0.39, 0.29) is 5.60 Å². The zero-order valence-corrected chi connectivity index (χ0v) is 28.9. The van der Waals surface area contributed by atoms with Gasteiger partial charge in [-0.1, -0.05) is 104 Å². The Morgan fingerprint density at radius 1 is 0.909 bits per heavy atom. The van der Waals surface area contributed by atoms with Crippen molar-refractivity contribution in [3.8, 4) is 11.3 Å². The molecule has 0 saturated carbocycles. The lowest BCUT2D eigenvalue weighted by Gasteiger charge is -2.40. The van der Waals surface area contributed by atoms with E-state index < -0.39 is 8.07 Å². The summed E-state index contributed by atoms with van der Waals surface area (Å²) in [5.41, 5.74) is 14.3. The predicted octanol–water partition coefficient (Wildman–Crippen LogP) is 11.3. The first kappa shape index (κ1) is 30.9. The van der Waals surface area contributed by atoms with Crippen LogP contribution in [0.1, 0.15) is 98.2 Å². The minimum Gasteiger partial charge on any atom is -0.376 e.